The normalized spacial score (nSPS) is 12.6. The molecule has 6 heteroatoms. The first kappa shape index (κ1) is 14.9. The molecule has 1 aromatic rings. The van der Waals surface area contributed by atoms with Crippen LogP contribution in [0, 0.1) is 10.1 Å². The predicted molar refractivity (Wildman–Crippen MR) is 70.9 cm³/mol. The minimum atomic E-state index is -0.605. The number of rotatable bonds is 3. The first-order valence-electron chi connectivity index (χ1n) is 5.93. The van der Waals surface area contributed by atoms with Gasteiger partial charge in [-0.25, -0.2) is 4.79 Å². The fraction of sp³-hybridized carbons (Fsp3) is 0.462. The van der Waals surface area contributed by atoms with E-state index in [4.69, 9.17) is 4.74 Å². The lowest BCUT2D eigenvalue weighted by Gasteiger charge is -2.22. The third-order valence-corrected chi connectivity index (χ3v) is 2.33. The van der Waals surface area contributed by atoms with Crippen LogP contribution in [0.3, 0.4) is 0 Å². The van der Waals surface area contributed by atoms with Crippen molar-refractivity contribution in [1.82, 2.24) is 5.32 Å². The van der Waals surface area contributed by atoms with E-state index < -0.39 is 22.7 Å². The molecular weight excluding hydrogens is 248 g/mol. The molecule has 0 saturated carbocycles. The van der Waals surface area contributed by atoms with Gasteiger partial charge < -0.3 is 10.1 Å². The van der Waals surface area contributed by atoms with E-state index in [0.29, 0.717) is 5.56 Å². The SMILES string of the molecule is C[C@H](NC(=O)OC(C)(C)C)c1ccccc1[N+](=O)[O-]. The van der Waals surface area contributed by atoms with Gasteiger partial charge in [-0.1, -0.05) is 18.2 Å². The zero-order valence-corrected chi connectivity index (χ0v) is 11.5. The van der Waals surface area contributed by atoms with Crippen molar-refractivity contribution in [1.29, 1.82) is 0 Å². The van der Waals surface area contributed by atoms with Crippen molar-refractivity contribution in [3.63, 3.8) is 0 Å². The molecule has 0 spiro atoms. The fourth-order valence-corrected chi connectivity index (χ4v) is 1.58. The Kier molecular flexibility index (Phi) is 4.47. The Morgan fingerprint density at radius 1 is 1.37 bits per heavy atom. The van der Waals surface area contributed by atoms with E-state index in [1.54, 1.807) is 45.9 Å². The van der Waals surface area contributed by atoms with Crippen molar-refractivity contribution >= 4 is 11.8 Å². The number of carbonyl (C=O) groups excluding carboxylic acids is 1. The van der Waals surface area contributed by atoms with Gasteiger partial charge in [0.05, 0.1) is 16.5 Å². The molecule has 0 aliphatic heterocycles. The highest BCUT2D eigenvalue weighted by molar-refractivity contribution is 5.68. The van der Waals surface area contributed by atoms with E-state index in [2.05, 4.69) is 5.32 Å². The van der Waals surface area contributed by atoms with Gasteiger partial charge in [0.2, 0.25) is 0 Å². The van der Waals surface area contributed by atoms with Crippen molar-refractivity contribution in [3.05, 3.63) is 39.9 Å². The number of hydrogen-bond donors (Lipinski definition) is 1. The molecule has 0 aliphatic carbocycles. The van der Waals surface area contributed by atoms with Crippen LogP contribution in [0.2, 0.25) is 0 Å². The van der Waals surface area contributed by atoms with E-state index >= 15 is 0 Å². The number of nitrogens with zero attached hydrogens (tertiary/aromatic N) is 1. The summed E-state index contributed by atoms with van der Waals surface area (Å²) in [6.07, 6.45) is -0.599. The lowest BCUT2D eigenvalue weighted by molar-refractivity contribution is -0.385. The van der Waals surface area contributed by atoms with Gasteiger partial charge in [0.15, 0.2) is 0 Å². The fourth-order valence-electron chi connectivity index (χ4n) is 1.58. The Morgan fingerprint density at radius 3 is 2.47 bits per heavy atom. The highest BCUT2D eigenvalue weighted by Crippen LogP contribution is 2.24. The average molecular weight is 266 g/mol. The van der Waals surface area contributed by atoms with Crippen LogP contribution in [0.4, 0.5) is 10.5 Å². The molecule has 0 aliphatic rings. The number of alkyl carbamates (subject to hydrolysis) is 1. The molecule has 0 radical (unpaired) electrons. The summed E-state index contributed by atoms with van der Waals surface area (Å²) in [6, 6.07) is 5.79. The van der Waals surface area contributed by atoms with Crippen molar-refractivity contribution in [2.75, 3.05) is 0 Å². The minimum absolute atomic E-state index is 0.0222. The molecule has 104 valence electrons. The maximum Gasteiger partial charge on any atom is 0.408 e. The molecule has 0 aromatic heterocycles. The molecular formula is C13H18N2O4. The van der Waals surface area contributed by atoms with Crippen molar-refractivity contribution < 1.29 is 14.5 Å². The highest BCUT2D eigenvalue weighted by Gasteiger charge is 2.22. The number of nitro groups is 1. The zero-order valence-electron chi connectivity index (χ0n) is 11.5. The lowest BCUT2D eigenvalue weighted by atomic mass is 10.1. The monoisotopic (exact) mass is 266 g/mol. The molecule has 1 amide bonds. The van der Waals surface area contributed by atoms with E-state index in [1.807, 2.05) is 0 Å². The molecule has 0 bridgehead atoms. The molecule has 1 aromatic carbocycles. The Bertz CT molecular complexity index is 480. The maximum absolute atomic E-state index is 11.6. The third-order valence-electron chi connectivity index (χ3n) is 2.33. The van der Waals surface area contributed by atoms with Crippen LogP contribution in [0.5, 0.6) is 0 Å². The van der Waals surface area contributed by atoms with Crippen molar-refractivity contribution in [3.8, 4) is 0 Å². The Hall–Kier alpha value is -2.11. The summed E-state index contributed by atoms with van der Waals surface area (Å²) in [7, 11) is 0. The summed E-state index contributed by atoms with van der Waals surface area (Å²) in [5, 5.41) is 13.5. The van der Waals surface area contributed by atoms with E-state index in [1.165, 1.54) is 6.07 Å². The van der Waals surface area contributed by atoms with Gasteiger partial charge in [0.25, 0.3) is 5.69 Å². The van der Waals surface area contributed by atoms with Crippen LogP contribution < -0.4 is 5.32 Å². The number of hydrogen-bond acceptors (Lipinski definition) is 4. The average Bonchev–Trinajstić information content (AvgIpc) is 2.26. The van der Waals surface area contributed by atoms with Gasteiger partial charge >= 0.3 is 6.09 Å². The molecule has 19 heavy (non-hydrogen) atoms. The van der Waals surface area contributed by atoms with Crippen molar-refractivity contribution in [2.45, 2.75) is 39.3 Å². The molecule has 0 heterocycles. The smallest absolute Gasteiger partial charge is 0.408 e. The second-order valence-electron chi connectivity index (χ2n) is 5.18. The number of ether oxygens (including phenoxy) is 1. The van der Waals surface area contributed by atoms with Gasteiger partial charge in [-0.2, -0.15) is 0 Å². The number of benzene rings is 1. The summed E-state index contributed by atoms with van der Waals surface area (Å²) in [4.78, 5) is 22.1. The standard InChI is InChI=1S/C13H18N2O4/c1-9(14-12(16)19-13(2,3)4)10-7-5-6-8-11(10)15(17)18/h5-9H,1-4H3,(H,14,16)/t9-/m0/s1. The van der Waals surface area contributed by atoms with Crippen LogP contribution in [0.15, 0.2) is 24.3 Å². The number of carbonyl (C=O) groups is 1. The van der Waals surface area contributed by atoms with Gasteiger partial charge in [0, 0.05) is 6.07 Å². The summed E-state index contributed by atoms with van der Waals surface area (Å²) in [5.41, 5.74) is -0.184. The van der Waals surface area contributed by atoms with E-state index in [0.717, 1.165) is 0 Å². The van der Waals surface area contributed by atoms with Gasteiger partial charge in [-0.15, -0.1) is 0 Å². The topological polar surface area (TPSA) is 81.5 Å². The lowest BCUT2D eigenvalue weighted by Crippen LogP contribution is -2.34. The number of nitrogens with one attached hydrogen (secondary N) is 1. The molecule has 1 N–H and O–H groups in total. The third kappa shape index (κ3) is 4.57. The largest absolute Gasteiger partial charge is 0.444 e. The Morgan fingerprint density at radius 2 is 1.95 bits per heavy atom. The summed E-state index contributed by atoms with van der Waals surface area (Å²) in [5.74, 6) is 0. The van der Waals surface area contributed by atoms with Gasteiger partial charge in [-0.05, 0) is 27.7 Å². The molecule has 1 rings (SSSR count). The van der Waals surface area contributed by atoms with Gasteiger partial charge in [0.1, 0.15) is 5.60 Å². The highest BCUT2D eigenvalue weighted by atomic mass is 16.6. The summed E-state index contributed by atoms with van der Waals surface area (Å²) in [6.45, 7) is 6.93. The van der Waals surface area contributed by atoms with Crippen LogP contribution in [-0.2, 0) is 4.74 Å². The Balaban J connectivity index is 2.82. The quantitative estimate of drug-likeness (QED) is 0.673. The van der Waals surface area contributed by atoms with Gasteiger partial charge in [-0.3, -0.25) is 10.1 Å². The first-order valence-corrected chi connectivity index (χ1v) is 5.93. The number of amides is 1. The van der Waals surface area contributed by atoms with E-state index in [-0.39, 0.29) is 5.69 Å². The van der Waals surface area contributed by atoms with Crippen LogP contribution in [0.25, 0.3) is 0 Å². The Labute approximate surface area is 111 Å². The van der Waals surface area contributed by atoms with Crippen LogP contribution in [-0.4, -0.2) is 16.6 Å². The second kappa shape index (κ2) is 5.69. The maximum atomic E-state index is 11.6. The minimum Gasteiger partial charge on any atom is -0.444 e. The molecule has 0 saturated heterocycles. The molecule has 0 fully saturated rings. The second-order valence-corrected chi connectivity index (χ2v) is 5.18. The predicted octanol–water partition coefficient (Wildman–Crippen LogP) is 3.18. The molecule has 0 unspecified atom stereocenters. The number of para-hydroxylation sites is 1. The first-order chi connectivity index (χ1) is 8.70. The van der Waals surface area contributed by atoms with Crippen LogP contribution in [0.1, 0.15) is 39.3 Å². The van der Waals surface area contributed by atoms with E-state index in [9.17, 15) is 14.9 Å². The summed E-state index contributed by atoms with van der Waals surface area (Å²) >= 11 is 0. The summed E-state index contributed by atoms with van der Waals surface area (Å²) < 4.78 is 5.11. The number of nitro benzene ring substituents is 1. The van der Waals surface area contributed by atoms with Crippen LogP contribution >= 0.6 is 0 Å². The molecule has 6 nitrogen and oxygen atoms in total. The molecule has 1 atom stereocenters. The zero-order chi connectivity index (χ0) is 14.6. The van der Waals surface area contributed by atoms with Crippen molar-refractivity contribution in [2.24, 2.45) is 0 Å².